The molecule has 5 heteroatoms. The van der Waals surface area contributed by atoms with Crippen LogP contribution >= 0.6 is 0 Å². The van der Waals surface area contributed by atoms with Crippen molar-refractivity contribution in [3.05, 3.63) is 30.0 Å². The number of rotatable bonds is 6. The number of nitrogens with one attached hydrogen (secondary N) is 2. The van der Waals surface area contributed by atoms with Gasteiger partial charge in [-0.05, 0) is 31.0 Å². The second kappa shape index (κ2) is 6.92. The summed E-state index contributed by atoms with van der Waals surface area (Å²) in [5.74, 6) is 1.38. The van der Waals surface area contributed by atoms with E-state index in [0.29, 0.717) is 12.2 Å². The topological polar surface area (TPSA) is 67.0 Å². The van der Waals surface area contributed by atoms with E-state index in [-0.39, 0.29) is 5.91 Å². The lowest BCUT2D eigenvalue weighted by Gasteiger charge is -2.07. The minimum atomic E-state index is -0.00175. The van der Waals surface area contributed by atoms with Crippen molar-refractivity contribution < 1.29 is 9.53 Å². The summed E-state index contributed by atoms with van der Waals surface area (Å²) in [7, 11) is 1.64. The molecule has 1 aromatic heterocycles. The highest BCUT2D eigenvalue weighted by Gasteiger charge is 2.14. The average molecular weight is 287 g/mol. The van der Waals surface area contributed by atoms with E-state index in [9.17, 15) is 4.79 Å². The molecule has 0 saturated heterocycles. The molecule has 5 nitrogen and oxygen atoms in total. The number of hydrogen-bond donors (Lipinski definition) is 2. The molecule has 0 unspecified atom stereocenters. The van der Waals surface area contributed by atoms with Crippen LogP contribution < -0.4 is 10.1 Å². The van der Waals surface area contributed by atoms with Crippen LogP contribution in [0.15, 0.2) is 24.3 Å². The number of anilines is 1. The van der Waals surface area contributed by atoms with E-state index in [1.54, 1.807) is 7.11 Å². The average Bonchev–Trinajstić information content (AvgIpc) is 2.86. The van der Waals surface area contributed by atoms with Gasteiger partial charge in [-0.15, -0.1) is 0 Å². The molecule has 112 valence electrons. The van der Waals surface area contributed by atoms with Crippen molar-refractivity contribution >= 4 is 11.7 Å². The van der Waals surface area contributed by atoms with Gasteiger partial charge < -0.3 is 10.1 Å². The van der Waals surface area contributed by atoms with E-state index in [4.69, 9.17) is 4.74 Å². The highest BCUT2D eigenvalue weighted by molar-refractivity contribution is 5.94. The van der Waals surface area contributed by atoms with Crippen LogP contribution in [0.2, 0.25) is 0 Å². The zero-order chi connectivity index (χ0) is 15.2. The second-order valence-corrected chi connectivity index (χ2v) is 4.95. The number of H-pyrrole nitrogens is 1. The Bertz CT molecular complexity index is 602. The monoisotopic (exact) mass is 287 g/mol. The van der Waals surface area contributed by atoms with Crippen molar-refractivity contribution in [2.45, 2.75) is 33.1 Å². The number of unbranched alkanes of at least 4 members (excludes halogenated alkanes) is 1. The number of methoxy groups -OCH3 is 1. The summed E-state index contributed by atoms with van der Waals surface area (Å²) in [6.07, 6.45) is 2.40. The molecule has 1 heterocycles. The van der Waals surface area contributed by atoms with E-state index in [0.717, 1.165) is 35.4 Å². The lowest BCUT2D eigenvalue weighted by atomic mass is 10.1. The van der Waals surface area contributed by atoms with Crippen LogP contribution in [0.1, 0.15) is 31.9 Å². The zero-order valence-corrected chi connectivity index (χ0v) is 12.7. The Labute approximate surface area is 124 Å². The Morgan fingerprint density at radius 3 is 2.67 bits per heavy atom. The highest BCUT2D eigenvalue weighted by atomic mass is 16.5. The quantitative estimate of drug-likeness (QED) is 0.854. The molecule has 0 fully saturated rings. The first kappa shape index (κ1) is 15.1. The number of amides is 1. The van der Waals surface area contributed by atoms with Gasteiger partial charge in [0.05, 0.1) is 7.11 Å². The SMILES string of the molecule is CCCCC(=O)Nc1n[nH]c(C)c1-c1ccc(OC)cc1. The third-order valence-electron chi connectivity index (χ3n) is 3.34. The number of ether oxygens (including phenoxy) is 1. The van der Waals surface area contributed by atoms with Crippen molar-refractivity contribution in [2.24, 2.45) is 0 Å². The summed E-state index contributed by atoms with van der Waals surface area (Å²) in [6.45, 7) is 4.00. The Morgan fingerprint density at radius 2 is 2.05 bits per heavy atom. The van der Waals surface area contributed by atoms with Gasteiger partial charge in [0.2, 0.25) is 5.91 Å². The molecule has 2 N–H and O–H groups in total. The first-order valence-corrected chi connectivity index (χ1v) is 7.15. The van der Waals surface area contributed by atoms with Gasteiger partial charge >= 0.3 is 0 Å². The molecule has 0 saturated carbocycles. The van der Waals surface area contributed by atoms with E-state index in [2.05, 4.69) is 22.4 Å². The molecule has 1 aromatic carbocycles. The zero-order valence-electron chi connectivity index (χ0n) is 12.7. The lowest BCUT2D eigenvalue weighted by Crippen LogP contribution is -2.12. The van der Waals surface area contributed by atoms with Crippen LogP contribution in [0.4, 0.5) is 5.82 Å². The van der Waals surface area contributed by atoms with Crippen LogP contribution in [-0.4, -0.2) is 23.2 Å². The van der Waals surface area contributed by atoms with Crippen LogP contribution in [0, 0.1) is 6.92 Å². The number of hydrogen-bond acceptors (Lipinski definition) is 3. The maximum Gasteiger partial charge on any atom is 0.225 e. The van der Waals surface area contributed by atoms with E-state index < -0.39 is 0 Å². The van der Waals surface area contributed by atoms with Gasteiger partial charge in [-0.3, -0.25) is 9.89 Å². The number of carbonyl (C=O) groups excluding carboxylic acids is 1. The lowest BCUT2D eigenvalue weighted by molar-refractivity contribution is -0.116. The number of benzene rings is 1. The molecule has 0 atom stereocenters. The Balaban J connectivity index is 2.22. The van der Waals surface area contributed by atoms with Gasteiger partial charge in [0, 0.05) is 17.7 Å². The molecule has 0 bridgehead atoms. The molecule has 0 aliphatic heterocycles. The fourth-order valence-corrected chi connectivity index (χ4v) is 2.16. The predicted octanol–water partition coefficient (Wildman–Crippen LogP) is 3.52. The van der Waals surface area contributed by atoms with Crippen LogP contribution in [0.25, 0.3) is 11.1 Å². The Kier molecular flexibility index (Phi) is 4.98. The second-order valence-electron chi connectivity index (χ2n) is 4.95. The van der Waals surface area contributed by atoms with Gasteiger partial charge in [-0.2, -0.15) is 5.10 Å². The number of aromatic amines is 1. The summed E-state index contributed by atoms with van der Waals surface area (Å²) < 4.78 is 5.16. The van der Waals surface area contributed by atoms with Crippen LogP contribution in [0.3, 0.4) is 0 Å². The molecular weight excluding hydrogens is 266 g/mol. The van der Waals surface area contributed by atoms with Crippen molar-refractivity contribution in [3.8, 4) is 16.9 Å². The molecule has 1 amide bonds. The van der Waals surface area contributed by atoms with Crippen molar-refractivity contribution in [3.63, 3.8) is 0 Å². The molecule has 0 radical (unpaired) electrons. The normalized spacial score (nSPS) is 10.4. The minimum absolute atomic E-state index is 0.00175. The maximum atomic E-state index is 11.9. The van der Waals surface area contributed by atoms with Gasteiger partial charge in [0.15, 0.2) is 5.82 Å². The number of aromatic nitrogens is 2. The maximum absolute atomic E-state index is 11.9. The van der Waals surface area contributed by atoms with Gasteiger partial charge in [-0.25, -0.2) is 0 Å². The van der Waals surface area contributed by atoms with Crippen molar-refractivity contribution in [2.75, 3.05) is 12.4 Å². The summed E-state index contributed by atoms with van der Waals surface area (Å²) in [6, 6.07) is 7.70. The minimum Gasteiger partial charge on any atom is -0.497 e. The molecule has 0 spiro atoms. The fourth-order valence-electron chi connectivity index (χ4n) is 2.16. The van der Waals surface area contributed by atoms with Crippen LogP contribution in [-0.2, 0) is 4.79 Å². The molecular formula is C16H21N3O2. The fraction of sp³-hybridized carbons (Fsp3) is 0.375. The van der Waals surface area contributed by atoms with Gasteiger partial charge in [-0.1, -0.05) is 25.5 Å². The van der Waals surface area contributed by atoms with Gasteiger partial charge in [0.25, 0.3) is 0 Å². The Hall–Kier alpha value is -2.30. The summed E-state index contributed by atoms with van der Waals surface area (Å²) in [5, 5.41) is 10.0. The van der Waals surface area contributed by atoms with E-state index in [1.165, 1.54) is 0 Å². The highest BCUT2D eigenvalue weighted by Crippen LogP contribution is 2.30. The van der Waals surface area contributed by atoms with Crippen LogP contribution in [0.5, 0.6) is 5.75 Å². The summed E-state index contributed by atoms with van der Waals surface area (Å²) in [4.78, 5) is 11.9. The largest absolute Gasteiger partial charge is 0.497 e. The molecule has 0 aliphatic rings. The smallest absolute Gasteiger partial charge is 0.225 e. The number of carbonyl (C=O) groups is 1. The van der Waals surface area contributed by atoms with Gasteiger partial charge in [0.1, 0.15) is 5.75 Å². The predicted molar refractivity (Wildman–Crippen MR) is 83.5 cm³/mol. The summed E-state index contributed by atoms with van der Waals surface area (Å²) in [5.41, 5.74) is 2.83. The molecule has 2 aromatic rings. The first-order valence-electron chi connectivity index (χ1n) is 7.15. The first-order chi connectivity index (χ1) is 10.2. The Morgan fingerprint density at radius 1 is 1.33 bits per heavy atom. The third kappa shape index (κ3) is 3.62. The van der Waals surface area contributed by atoms with Crippen molar-refractivity contribution in [1.29, 1.82) is 0 Å². The number of aryl methyl sites for hydroxylation is 1. The van der Waals surface area contributed by atoms with E-state index in [1.807, 2.05) is 31.2 Å². The van der Waals surface area contributed by atoms with Crippen molar-refractivity contribution in [1.82, 2.24) is 10.2 Å². The molecule has 21 heavy (non-hydrogen) atoms. The third-order valence-corrected chi connectivity index (χ3v) is 3.34. The van der Waals surface area contributed by atoms with E-state index >= 15 is 0 Å². The number of nitrogens with zero attached hydrogens (tertiary/aromatic N) is 1. The molecule has 0 aliphatic carbocycles. The standard InChI is InChI=1S/C16H21N3O2/c1-4-5-6-14(20)17-16-15(11(2)18-19-16)12-7-9-13(21-3)10-8-12/h7-10H,4-6H2,1-3H3,(H2,17,18,19,20). The summed E-state index contributed by atoms with van der Waals surface area (Å²) >= 11 is 0. The molecule has 2 rings (SSSR count).